The van der Waals surface area contributed by atoms with Crippen LogP contribution in [0.5, 0.6) is 5.75 Å². The summed E-state index contributed by atoms with van der Waals surface area (Å²) in [7, 11) is 7.17. The summed E-state index contributed by atoms with van der Waals surface area (Å²) in [5.41, 5.74) is 2.24. The quantitative estimate of drug-likeness (QED) is 0.659. The average Bonchev–Trinajstić information content (AvgIpc) is 3.09. The summed E-state index contributed by atoms with van der Waals surface area (Å²) in [4.78, 5) is 27.9. The lowest BCUT2D eigenvalue weighted by Gasteiger charge is -2.26. The summed E-state index contributed by atoms with van der Waals surface area (Å²) in [6.07, 6.45) is -0.00998. The fraction of sp³-hybridized carbons (Fsp3) is 0.455. The molecular weight excluding hydrogens is 402 g/mol. The summed E-state index contributed by atoms with van der Waals surface area (Å²) in [5.74, 6) is 0.133. The van der Waals surface area contributed by atoms with E-state index in [2.05, 4.69) is 5.32 Å². The van der Waals surface area contributed by atoms with Crippen molar-refractivity contribution in [2.45, 2.75) is 38.8 Å². The molecule has 7 nitrogen and oxygen atoms in total. The van der Waals surface area contributed by atoms with Crippen molar-refractivity contribution in [2.24, 2.45) is 0 Å². The van der Waals surface area contributed by atoms with Crippen molar-refractivity contribution in [3.63, 3.8) is 0 Å². The molecule has 0 spiro atoms. The van der Waals surface area contributed by atoms with Gasteiger partial charge in [0.05, 0.1) is 11.4 Å². The van der Waals surface area contributed by atoms with Gasteiger partial charge in [0, 0.05) is 45.4 Å². The molecule has 2 aromatic rings. The maximum Gasteiger partial charge on any atom is 0.414 e. The second-order valence-electron chi connectivity index (χ2n) is 8.41. The van der Waals surface area contributed by atoms with Crippen molar-refractivity contribution in [2.75, 3.05) is 38.4 Å². The van der Waals surface area contributed by atoms with E-state index in [-0.39, 0.29) is 5.97 Å². The number of anilines is 2. The first-order valence-electron chi connectivity index (χ1n) is 9.67. The Morgan fingerprint density at radius 1 is 1.07 bits per heavy atom. The Labute approximate surface area is 182 Å². The molecule has 0 aliphatic rings. The smallest absolute Gasteiger partial charge is 0.414 e. The zero-order valence-corrected chi connectivity index (χ0v) is 19.5. The Hall–Kier alpha value is -2.74. The molecule has 0 saturated heterocycles. The number of esters is 1. The molecule has 8 heteroatoms. The maximum absolute atomic E-state index is 12.9. The first-order valence-corrected chi connectivity index (χ1v) is 10.6. The van der Waals surface area contributed by atoms with Crippen molar-refractivity contribution >= 4 is 34.8 Å². The van der Waals surface area contributed by atoms with Gasteiger partial charge in [-0.25, -0.2) is 9.59 Å². The standard InChI is InChI=1S/C22H31N3O4S/c1-22(2,3)29-20(26)17(23-18-13-30-14-19(18)24(4)5)12-15-8-10-16(11-9-15)28-21(27)25(6)7/h8-11,13-14,17,23H,12H2,1-7H3. The molecule has 0 bridgehead atoms. The Kier molecular flexibility index (Phi) is 7.72. The second-order valence-corrected chi connectivity index (χ2v) is 9.15. The van der Waals surface area contributed by atoms with Crippen LogP contribution in [0.25, 0.3) is 0 Å². The molecule has 0 radical (unpaired) electrons. The third-order valence-electron chi connectivity index (χ3n) is 4.08. The number of amides is 1. The van der Waals surface area contributed by atoms with Gasteiger partial charge >= 0.3 is 12.1 Å². The van der Waals surface area contributed by atoms with E-state index < -0.39 is 17.7 Å². The molecule has 30 heavy (non-hydrogen) atoms. The van der Waals surface area contributed by atoms with Crippen molar-refractivity contribution in [3.05, 3.63) is 40.6 Å². The molecule has 1 amide bonds. The van der Waals surface area contributed by atoms with Crippen LogP contribution >= 0.6 is 11.3 Å². The lowest BCUT2D eigenvalue weighted by molar-refractivity contribution is -0.155. The number of carbonyl (C=O) groups is 2. The predicted molar refractivity (Wildman–Crippen MR) is 122 cm³/mol. The number of ether oxygens (including phenoxy) is 2. The minimum atomic E-state index is -0.583. The van der Waals surface area contributed by atoms with Gasteiger partial charge in [-0.2, -0.15) is 0 Å². The van der Waals surface area contributed by atoms with Crippen LogP contribution in [0.15, 0.2) is 35.0 Å². The number of hydrogen-bond acceptors (Lipinski definition) is 7. The van der Waals surface area contributed by atoms with Gasteiger partial charge in [0.25, 0.3) is 0 Å². The third-order valence-corrected chi connectivity index (χ3v) is 4.81. The maximum atomic E-state index is 12.9. The van der Waals surface area contributed by atoms with Gasteiger partial charge in [-0.05, 0) is 38.5 Å². The fourth-order valence-corrected chi connectivity index (χ4v) is 3.48. The van der Waals surface area contributed by atoms with Gasteiger partial charge in [-0.1, -0.05) is 12.1 Å². The minimum absolute atomic E-state index is 0.318. The lowest BCUT2D eigenvalue weighted by Crippen LogP contribution is -2.38. The number of benzene rings is 1. The summed E-state index contributed by atoms with van der Waals surface area (Å²) in [5, 5.41) is 7.36. The molecule has 1 heterocycles. The number of carbonyl (C=O) groups excluding carboxylic acids is 2. The highest BCUT2D eigenvalue weighted by Crippen LogP contribution is 2.30. The van der Waals surface area contributed by atoms with Crippen molar-refractivity contribution in [1.82, 2.24) is 4.90 Å². The minimum Gasteiger partial charge on any atom is -0.458 e. The average molecular weight is 434 g/mol. The van der Waals surface area contributed by atoms with E-state index in [0.29, 0.717) is 12.2 Å². The van der Waals surface area contributed by atoms with Crippen LogP contribution in [-0.2, 0) is 16.0 Å². The molecule has 1 unspecified atom stereocenters. The van der Waals surface area contributed by atoms with Crippen LogP contribution in [0, 0.1) is 0 Å². The predicted octanol–water partition coefficient (Wildman–Crippen LogP) is 4.24. The van der Waals surface area contributed by atoms with E-state index in [1.165, 1.54) is 4.90 Å². The summed E-state index contributed by atoms with van der Waals surface area (Å²) >= 11 is 1.57. The van der Waals surface area contributed by atoms with Crippen molar-refractivity contribution in [1.29, 1.82) is 0 Å². The molecule has 0 saturated carbocycles. The summed E-state index contributed by atoms with van der Waals surface area (Å²) in [6.45, 7) is 5.56. The number of rotatable bonds is 7. The van der Waals surface area contributed by atoms with Gasteiger partial charge < -0.3 is 24.6 Å². The van der Waals surface area contributed by atoms with Gasteiger partial charge in [0.15, 0.2) is 0 Å². The van der Waals surface area contributed by atoms with Crippen LogP contribution in [0.4, 0.5) is 16.2 Å². The molecule has 1 N–H and O–H groups in total. The van der Waals surface area contributed by atoms with Gasteiger partial charge in [-0.15, -0.1) is 11.3 Å². The molecule has 0 aliphatic heterocycles. The van der Waals surface area contributed by atoms with Crippen molar-refractivity contribution in [3.8, 4) is 5.75 Å². The SMILES string of the molecule is CN(C)C(=O)Oc1ccc(CC(Nc2cscc2N(C)C)C(=O)OC(C)(C)C)cc1. The van der Waals surface area contributed by atoms with Crippen LogP contribution in [0.3, 0.4) is 0 Å². The monoisotopic (exact) mass is 433 g/mol. The normalized spacial score (nSPS) is 12.1. The number of nitrogens with zero attached hydrogens (tertiary/aromatic N) is 2. The van der Waals surface area contributed by atoms with E-state index in [0.717, 1.165) is 16.9 Å². The van der Waals surface area contributed by atoms with Crippen LogP contribution in [0.2, 0.25) is 0 Å². The van der Waals surface area contributed by atoms with Crippen molar-refractivity contribution < 1.29 is 19.1 Å². The van der Waals surface area contributed by atoms with Crippen LogP contribution in [-0.4, -0.2) is 56.8 Å². The zero-order chi connectivity index (χ0) is 22.5. The molecule has 164 valence electrons. The molecule has 0 aliphatic carbocycles. The largest absolute Gasteiger partial charge is 0.458 e. The van der Waals surface area contributed by atoms with Gasteiger partial charge in [-0.3, -0.25) is 0 Å². The molecule has 1 atom stereocenters. The highest BCUT2D eigenvalue weighted by molar-refractivity contribution is 7.09. The van der Waals surface area contributed by atoms with Gasteiger partial charge in [0.2, 0.25) is 0 Å². The first kappa shape index (κ1) is 23.5. The van der Waals surface area contributed by atoms with E-state index in [1.54, 1.807) is 37.6 Å². The molecular formula is C22H31N3O4S. The van der Waals surface area contributed by atoms with Gasteiger partial charge in [0.1, 0.15) is 17.4 Å². The van der Waals surface area contributed by atoms with Crippen LogP contribution in [0.1, 0.15) is 26.3 Å². The zero-order valence-electron chi connectivity index (χ0n) is 18.7. The molecule has 0 fully saturated rings. The van der Waals surface area contributed by atoms with Crippen LogP contribution < -0.4 is 15.0 Å². The fourth-order valence-electron chi connectivity index (χ4n) is 2.62. The second kappa shape index (κ2) is 9.84. The Morgan fingerprint density at radius 2 is 1.70 bits per heavy atom. The van der Waals surface area contributed by atoms with E-state index >= 15 is 0 Å². The highest BCUT2D eigenvalue weighted by atomic mass is 32.1. The molecule has 1 aromatic heterocycles. The highest BCUT2D eigenvalue weighted by Gasteiger charge is 2.26. The number of thiophene rings is 1. The summed E-state index contributed by atoms with van der Waals surface area (Å²) < 4.78 is 10.9. The number of hydrogen-bond donors (Lipinski definition) is 1. The topological polar surface area (TPSA) is 71.1 Å². The summed E-state index contributed by atoms with van der Waals surface area (Å²) in [6, 6.07) is 6.57. The Balaban J connectivity index is 2.19. The Bertz CT molecular complexity index is 854. The van der Waals surface area contributed by atoms with E-state index in [4.69, 9.17) is 9.47 Å². The lowest BCUT2D eigenvalue weighted by atomic mass is 10.0. The molecule has 1 aromatic carbocycles. The first-order chi connectivity index (χ1) is 14.0. The van der Waals surface area contributed by atoms with E-state index in [1.807, 2.05) is 62.7 Å². The Morgan fingerprint density at radius 3 is 2.23 bits per heavy atom. The number of nitrogens with one attached hydrogen (secondary N) is 1. The van der Waals surface area contributed by atoms with E-state index in [9.17, 15) is 9.59 Å². The molecule has 2 rings (SSSR count). The third kappa shape index (κ3) is 6.95.